The van der Waals surface area contributed by atoms with Gasteiger partial charge < -0.3 is 5.32 Å². The van der Waals surface area contributed by atoms with Crippen molar-refractivity contribution < 1.29 is 4.79 Å². The molecule has 1 aliphatic rings. The molecule has 2 nitrogen and oxygen atoms in total. The lowest BCUT2D eigenvalue weighted by atomic mass is 9.88. The van der Waals surface area contributed by atoms with Crippen LogP contribution in [0.15, 0.2) is 15.9 Å². The van der Waals surface area contributed by atoms with Crippen LogP contribution in [0.2, 0.25) is 0 Å². The van der Waals surface area contributed by atoms with Gasteiger partial charge in [0.15, 0.2) is 0 Å². The maximum absolute atomic E-state index is 11.1. The number of thiophene rings is 1. The monoisotopic (exact) mass is 301 g/mol. The summed E-state index contributed by atoms with van der Waals surface area (Å²) in [6.07, 6.45) is 3.72. The van der Waals surface area contributed by atoms with Gasteiger partial charge in [-0.3, -0.25) is 4.79 Å². The lowest BCUT2D eigenvalue weighted by Crippen LogP contribution is -2.25. The predicted octanol–water partition coefficient (Wildman–Crippen LogP) is 3.36. The number of halogens is 1. The number of nitrogens with one attached hydrogen (secondary N) is 1. The van der Waals surface area contributed by atoms with Crippen molar-refractivity contribution in [1.82, 2.24) is 5.32 Å². The van der Waals surface area contributed by atoms with Crippen molar-refractivity contribution in [2.24, 2.45) is 5.92 Å². The summed E-state index contributed by atoms with van der Waals surface area (Å²) in [6.45, 7) is 1.99. The largest absolute Gasteiger partial charge is 0.312 e. The summed E-state index contributed by atoms with van der Waals surface area (Å²) in [4.78, 5) is 12.4. The van der Waals surface area contributed by atoms with E-state index < -0.39 is 0 Å². The second kappa shape index (κ2) is 5.94. The van der Waals surface area contributed by atoms with E-state index in [1.54, 1.807) is 11.3 Å². The van der Waals surface area contributed by atoms with Gasteiger partial charge in [-0.25, -0.2) is 0 Å². The number of carbonyl (C=O) groups excluding carboxylic acids is 1. The Kier molecular flexibility index (Phi) is 4.55. The zero-order chi connectivity index (χ0) is 11.4. The SMILES string of the molecule is O=C1CCC(CNCc2ccc(Br)s2)CC1. The molecule has 1 heterocycles. The van der Waals surface area contributed by atoms with Crippen LogP contribution in [0.5, 0.6) is 0 Å². The minimum absolute atomic E-state index is 0.443. The normalized spacial score (nSPS) is 17.9. The van der Waals surface area contributed by atoms with E-state index in [0.717, 1.165) is 38.8 Å². The topological polar surface area (TPSA) is 29.1 Å². The van der Waals surface area contributed by atoms with E-state index in [2.05, 4.69) is 33.4 Å². The van der Waals surface area contributed by atoms with E-state index in [4.69, 9.17) is 0 Å². The Morgan fingerprint density at radius 3 is 2.75 bits per heavy atom. The van der Waals surface area contributed by atoms with Crippen LogP contribution in [0.1, 0.15) is 30.6 Å². The minimum atomic E-state index is 0.443. The van der Waals surface area contributed by atoms with Gasteiger partial charge in [0.05, 0.1) is 3.79 Å². The molecule has 1 N–H and O–H groups in total. The Morgan fingerprint density at radius 2 is 2.12 bits per heavy atom. The highest BCUT2D eigenvalue weighted by Crippen LogP contribution is 2.23. The fraction of sp³-hybridized carbons (Fsp3) is 0.583. The van der Waals surface area contributed by atoms with Crippen molar-refractivity contribution in [2.45, 2.75) is 32.2 Å². The smallest absolute Gasteiger partial charge is 0.132 e. The molecule has 0 saturated heterocycles. The Morgan fingerprint density at radius 1 is 1.38 bits per heavy atom. The Hall–Kier alpha value is -0.190. The van der Waals surface area contributed by atoms with Gasteiger partial charge in [-0.15, -0.1) is 11.3 Å². The van der Waals surface area contributed by atoms with Gasteiger partial charge in [-0.05, 0) is 53.4 Å². The standard InChI is InChI=1S/C12H16BrNOS/c13-12-6-5-11(16-12)8-14-7-9-1-3-10(15)4-2-9/h5-6,9,14H,1-4,7-8H2. The first-order chi connectivity index (χ1) is 7.74. The van der Waals surface area contributed by atoms with E-state index in [1.807, 2.05) is 0 Å². The molecule has 0 aromatic carbocycles. The molecule has 0 unspecified atom stereocenters. The molecule has 88 valence electrons. The summed E-state index contributed by atoms with van der Waals surface area (Å²) in [5.74, 6) is 1.14. The molecular weight excluding hydrogens is 286 g/mol. The Balaban J connectivity index is 1.66. The summed E-state index contributed by atoms with van der Waals surface area (Å²) in [7, 11) is 0. The fourth-order valence-electron chi connectivity index (χ4n) is 2.05. The molecule has 1 aromatic heterocycles. The first-order valence-corrected chi connectivity index (χ1v) is 7.31. The highest BCUT2D eigenvalue weighted by atomic mass is 79.9. The van der Waals surface area contributed by atoms with Crippen LogP contribution in [0, 0.1) is 5.92 Å². The van der Waals surface area contributed by atoms with Crippen molar-refractivity contribution in [3.8, 4) is 0 Å². The second-order valence-corrected chi connectivity index (χ2v) is 6.87. The van der Waals surface area contributed by atoms with Crippen LogP contribution in [0.25, 0.3) is 0 Å². The number of hydrogen-bond donors (Lipinski definition) is 1. The molecule has 4 heteroatoms. The molecule has 2 rings (SSSR count). The summed E-state index contributed by atoms with van der Waals surface area (Å²) in [6, 6.07) is 4.23. The first kappa shape index (κ1) is 12.3. The highest BCUT2D eigenvalue weighted by molar-refractivity contribution is 9.11. The van der Waals surface area contributed by atoms with E-state index >= 15 is 0 Å². The number of carbonyl (C=O) groups is 1. The molecule has 16 heavy (non-hydrogen) atoms. The first-order valence-electron chi connectivity index (χ1n) is 5.70. The van der Waals surface area contributed by atoms with Gasteiger partial charge in [0, 0.05) is 24.3 Å². The third-order valence-corrected chi connectivity index (χ3v) is 4.65. The third kappa shape index (κ3) is 3.68. The van der Waals surface area contributed by atoms with Crippen LogP contribution in [-0.2, 0) is 11.3 Å². The maximum Gasteiger partial charge on any atom is 0.132 e. The molecule has 0 aliphatic heterocycles. The summed E-state index contributed by atoms with van der Waals surface area (Å²) in [5.41, 5.74) is 0. The van der Waals surface area contributed by atoms with Crippen molar-refractivity contribution in [2.75, 3.05) is 6.54 Å². The molecule has 0 radical (unpaired) electrons. The molecule has 1 fully saturated rings. The summed E-state index contributed by atoms with van der Waals surface area (Å²) >= 11 is 5.24. The predicted molar refractivity (Wildman–Crippen MR) is 70.7 cm³/mol. The van der Waals surface area contributed by atoms with E-state index in [1.165, 1.54) is 8.66 Å². The zero-order valence-corrected chi connectivity index (χ0v) is 11.6. The number of rotatable bonds is 4. The Labute approximate surface area is 109 Å². The maximum atomic E-state index is 11.1. The highest BCUT2D eigenvalue weighted by Gasteiger charge is 2.17. The van der Waals surface area contributed by atoms with Crippen LogP contribution in [0.4, 0.5) is 0 Å². The fourth-order valence-corrected chi connectivity index (χ4v) is 3.50. The second-order valence-electron chi connectivity index (χ2n) is 4.32. The number of hydrogen-bond acceptors (Lipinski definition) is 3. The lowest BCUT2D eigenvalue weighted by Gasteiger charge is -2.20. The molecular formula is C12H16BrNOS. The van der Waals surface area contributed by atoms with Crippen molar-refractivity contribution in [3.63, 3.8) is 0 Å². The summed E-state index contributed by atoms with van der Waals surface area (Å²) < 4.78 is 1.19. The Bertz CT molecular complexity index is 354. The van der Waals surface area contributed by atoms with Gasteiger partial charge in [0.25, 0.3) is 0 Å². The van der Waals surface area contributed by atoms with Gasteiger partial charge in [0.1, 0.15) is 5.78 Å². The van der Waals surface area contributed by atoms with Crippen molar-refractivity contribution in [3.05, 3.63) is 20.8 Å². The third-order valence-electron chi connectivity index (χ3n) is 3.02. The molecule has 0 amide bonds. The lowest BCUT2D eigenvalue weighted by molar-refractivity contribution is -0.120. The number of ketones is 1. The molecule has 1 aliphatic carbocycles. The molecule has 0 atom stereocenters. The van der Waals surface area contributed by atoms with Crippen molar-refractivity contribution in [1.29, 1.82) is 0 Å². The quantitative estimate of drug-likeness (QED) is 0.924. The van der Waals surface area contributed by atoms with E-state index in [9.17, 15) is 4.79 Å². The zero-order valence-electron chi connectivity index (χ0n) is 9.17. The molecule has 0 bridgehead atoms. The van der Waals surface area contributed by atoms with Crippen molar-refractivity contribution >= 4 is 33.0 Å². The van der Waals surface area contributed by atoms with Crippen LogP contribution in [-0.4, -0.2) is 12.3 Å². The summed E-state index contributed by atoms with van der Waals surface area (Å²) in [5, 5.41) is 3.48. The average molecular weight is 302 g/mol. The average Bonchev–Trinajstić information content (AvgIpc) is 2.67. The van der Waals surface area contributed by atoms with Gasteiger partial charge >= 0.3 is 0 Å². The van der Waals surface area contributed by atoms with E-state index in [0.29, 0.717) is 11.7 Å². The molecule has 0 spiro atoms. The van der Waals surface area contributed by atoms with Crippen LogP contribution < -0.4 is 5.32 Å². The van der Waals surface area contributed by atoms with Gasteiger partial charge in [-0.1, -0.05) is 0 Å². The van der Waals surface area contributed by atoms with Gasteiger partial charge in [0.2, 0.25) is 0 Å². The molecule has 1 saturated carbocycles. The van der Waals surface area contributed by atoms with E-state index in [-0.39, 0.29) is 0 Å². The molecule has 1 aromatic rings. The van der Waals surface area contributed by atoms with Crippen LogP contribution in [0.3, 0.4) is 0 Å². The number of Topliss-reactive ketones (excluding diaryl/α,β-unsaturated/α-hetero) is 1. The minimum Gasteiger partial charge on any atom is -0.312 e. The van der Waals surface area contributed by atoms with Gasteiger partial charge in [-0.2, -0.15) is 0 Å². The van der Waals surface area contributed by atoms with Crippen LogP contribution >= 0.6 is 27.3 Å².